The van der Waals surface area contributed by atoms with Crippen LogP contribution in [0.25, 0.3) is 11.0 Å². The third-order valence-electron chi connectivity index (χ3n) is 3.09. The largest absolute Gasteiger partial charge is 0.485 e. The van der Waals surface area contributed by atoms with E-state index in [0.29, 0.717) is 33.3 Å². The number of aliphatic hydroxyl groups is 1. The van der Waals surface area contributed by atoms with Gasteiger partial charge in [0.15, 0.2) is 11.5 Å². The van der Waals surface area contributed by atoms with Gasteiger partial charge in [-0.1, -0.05) is 29.8 Å². The van der Waals surface area contributed by atoms with Crippen molar-refractivity contribution in [2.24, 2.45) is 7.05 Å². The molecule has 21 heavy (non-hydrogen) atoms. The molecule has 0 spiro atoms. The number of aryl methyl sites for hydroxylation is 1. The number of fused-ring (bicyclic) bond motifs is 1. The number of hydrogen-bond acceptors (Lipinski definition) is 5. The molecule has 0 atom stereocenters. The molecule has 0 saturated heterocycles. The third-order valence-corrected chi connectivity index (χ3v) is 3.38. The quantitative estimate of drug-likeness (QED) is 0.747. The van der Waals surface area contributed by atoms with E-state index in [1.54, 1.807) is 30.1 Å². The van der Waals surface area contributed by atoms with Gasteiger partial charge in [-0.05, 0) is 6.07 Å². The number of aliphatic hydroxyl groups excluding tert-OH is 1. The van der Waals surface area contributed by atoms with Gasteiger partial charge in [-0.2, -0.15) is 5.10 Å². The van der Waals surface area contributed by atoms with E-state index in [4.69, 9.17) is 16.3 Å². The number of aromatic nitrogens is 4. The molecule has 7 heteroatoms. The molecule has 0 bridgehead atoms. The molecule has 0 aliphatic carbocycles. The summed E-state index contributed by atoms with van der Waals surface area (Å²) in [7, 11) is 1.79. The highest BCUT2D eigenvalue weighted by atomic mass is 35.5. The van der Waals surface area contributed by atoms with Crippen LogP contribution in [0.1, 0.15) is 11.4 Å². The highest BCUT2D eigenvalue weighted by Crippen LogP contribution is 2.21. The van der Waals surface area contributed by atoms with Crippen LogP contribution in [0, 0.1) is 0 Å². The molecule has 0 fully saturated rings. The van der Waals surface area contributed by atoms with Gasteiger partial charge in [-0.15, -0.1) is 0 Å². The summed E-state index contributed by atoms with van der Waals surface area (Å²) in [5.74, 6) is 1.06. The van der Waals surface area contributed by atoms with E-state index in [9.17, 15) is 5.11 Å². The van der Waals surface area contributed by atoms with Crippen LogP contribution < -0.4 is 4.74 Å². The molecule has 0 radical (unpaired) electrons. The second-order valence-corrected chi connectivity index (χ2v) is 4.85. The Balaban J connectivity index is 1.86. The van der Waals surface area contributed by atoms with Crippen LogP contribution in [-0.2, 0) is 20.3 Å². The number of benzene rings is 1. The maximum atomic E-state index is 9.27. The summed E-state index contributed by atoms with van der Waals surface area (Å²) in [5.41, 5.74) is 1.37. The minimum absolute atomic E-state index is 0.0848. The van der Waals surface area contributed by atoms with Crippen molar-refractivity contribution in [3.8, 4) is 5.75 Å². The Kier molecular flexibility index (Phi) is 3.72. The van der Waals surface area contributed by atoms with Crippen molar-refractivity contribution in [2.75, 3.05) is 0 Å². The zero-order chi connectivity index (χ0) is 14.8. The Morgan fingerprint density at radius 3 is 2.90 bits per heavy atom. The Hall–Kier alpha value is -2.18. The summed E-state index contributed by atoms with van der Waals surface area (Å²) in [6.07, 6.45) is 1.63. The number of rotatable bonds is 4. The molecule has 108 valence electrons. The number of para-hydroxylation sites is 1. The second-order valence-electron chi connectivity index (χ2n) is 4.49. The van der Waals surface area contributed by atoms with E-state index in [1.807, 2.05) is 12.1 Å². The van der Waals surface area contributed by atoms with Crippen molar-refractivity contribution in [3.05, 3.63) is 47.0 Å². The van der Waals surface area contributed by atoms with Crippen LogP contribution in [0.4, 0.5) is 0 Å². The van der Waals surface area contributed by atoms with Crippen LogP contribution in [0.15, 0.2) is 30.5 Å². The van der Waals surface area contributed by atoms with Crippen LogP contribution in [0.5, 0.6) is 5.75 Å². The molecule has 3 aromatic rings. The van der Waals surface area contributed by atoms with Gasteiger partial charge in [-0.25, -0.2) is 9.97 Å². The normalized spacial score (nSPS) is 11.0. The molecule has 0 aliphatic heterocycles. The van der Waals surface area contributed by atoms with Crippen LogP contribution in [0.2, 0.25) is 5.15 Å². The van der Waals surface area contributed by atoms with Crippen LogP contribution in [0.3, 0.4) is 0 Å². The maximum Gasteiger partial charge on any atom is 0.170 e. The molecule has 0 saturated carbocycles. The second kappa shape index (κ2) is 5.67. The van der Waals surface area contributed by atoms with Gasteiger partial charge < -0.3 is 9.84 Å². The van der Waals surface area contributed by atoms with Gasteiger partial charge in [0.1, 0.15) is 17.5 Å². The first-order valence-corrected chi connectivity index (χ1v) is 6.72. The molecule has 0 unspecified atom stereocenters. The van der Waals surface area contributed by atoms with Gasteiger partial charge in [0.2, 0.25) is 0 Å². The summed E-state index contributed by atoms with van der Waals surface area (Å²) >= 11 is 6.12. The number of halogens is 1. The molecule has 2 aromatic heterocycles. The molecule has 0 aliphatic rings. The lowest BCUT2D eigenvalue weighted by molar-refractivity contribution is 0.256. The lowest BCUT2D eigenvalue weighted by Crippen LogP contribution is -2.05. The molecule has 6 nitrogen and oxygen atoms in total. The zero-order valence-corrected chi connectivity index (χ0v) is 12.1. The standard InChI is InChI=1S/C14H13ClN4O2/c1-19-14-10(6-16-19)13(15)17-12(18-14)8-21-11-5-3-2-4-9(11)7-20/h2-6,20H,7-8H2,1H3. The van der Waals surface area contributed by atoms with Crippen molar-refractivity contribution in [2.45, 2.75) is 13.2 Å². The maximum absolute atomic E-state index is 9.27. The SMILES string of the molecule is Cn1ncc2c(Cl)nc(COc3ccccc3CO)nc21. The van der Waals surface area contributed by atoms with Crippen LogP contribution in [-0.4, -0.2) is 24.9 Å². The van der Waals surface area contributed by atoms with Gasteiger partial charge in [0, 0.05) is 12.6 Å². The fraction of sp³-hybridized carbons (Fsp3) is 0.214. The number of nitrogens with zero attached hydrogens (tertiary/aromatic N) is 4. The summed E-state index contributed by atoms with van der Waals surface area (Å²) in [4.78, 5) is 8.58. The zero-order valence-electron chi connectivity index (χ0n) is 11.3. The first-order valence-electron chi connectivity index (χ1n) is 6.34. The topological polar surface area (TPSA) is 73.1 Å². The smallest absolute Gasteiger partial charge is 0.170 e. The monoisotopic (exact) mass is 304 g/mol. The van der Waals surface area contributed by atoms with E-state index in [0.717, 1.165) is 0 Å². The lowest BCUT2D eigenvalue weighted by atomic mass is 10.2. The van der Waals surface area contributed by atoms with E-state index in [2.05, 4.69) is 15.1 Å². The van der Waals surface area contributed by atoms with E-state index < -0.39 is 0 Å². The molecule has 0 amide bonds. The highest BCUT2D eigenvalue weighted by Gasteiger charge is 2.11. The summed E-state index contributed by atoms with van der Waals surface area (Å²) in [5, 5.41) is 14.4. The number of hydrogen-bond donors (Lipinski definition) is 1. The molecule has 1 N–H and O–H groups in total. The molecule has 1 aromatic carbocycles. The van der Waals surface area contributed by atoms with Crippen molar-refractivity contribution in [1.82, 2.24) is 19.7 Å². The predicted molar refractivity (Wildman–Crippen MR) is 78.0 cm³/mol. The summed E-state index contributed by atoms with van der Waals surface area (Å²) in [6.45, 7) is 0.0798. The van der Waals surface area contributed by atoms with E-state index in [1.165, 1.54) is 0 Å². The average Bonchev–Trinajstić information content (AvgIpc) is 2.87. The van der Waals surface area contributed by atoms with Gasteiger partial charge >= 0.3 is 0 Å². The Bertz CT molecular complexity index is 788. The molecular weight excluding hydrogens is 292 g/mol. The number of ether oxygens (including phenoxy) is 1. The lowest BCUT2D eigenvalue weighted by Gasteiger charge is -2.09. The van der Waals surface area contributed by atoms with Crippen molar-refractivity contribution < 1.29 is 9.84 Å². The van der Waals surface area contributed by atoms with Gasteiger partial charge in [0.05, 0.1) is 18.2 Å². The fourth-order valence-electron chi connectivity index (χ4n) is 2.01. The molecule has 2 heterocycles. The fourth-order valence-corrected chi connectivity index (χ4v) is 2.24. The summed E-state index contributed by atoms with van der Waals surface area (Å²) < 4.78 is 7.29. The minimum Gasteiger partial charge on any atom is -0.485 e. The molecule has 3 rings (SSSR count). The predicted octanol–water partition coefficient (Wildman–Crippen LogP) is 2.09. The van der Waals surface area contributed by atoms with E-state index >= 15 is 0 Å². The molecular formula is C14H13ClN4O2. The highest BCUT2D eigenvalue weighted by molar-refractivity contribution is 6.33. The Labute approximate surface area is 126 Å². The Morgan fingerprint density at radius 1 is 1.29 bits per heavy atom. The first-order chi connectivity index (χ1) is 10.2. The third kappa shape index (κ3) is 2.68. The van der Waals surface area contributed by atoms with Gasteiger partial charge in [0.25, 0.3) is 0 Å². The first kappa shape index (κ1) is 13.8. The van der Waals surface area contributed by atoms with Crippen LogP contribution >= 0.6 is 11.6 Å². The van der Waals surface area contributed by atoms with Gasteiger partial charge in [-0.3, -0.25) is 4.68 Å². The summed E-state index contributed by atoms with van der Waals surface area (Å²) in [6, 6.07) is 7.27. The van der Waals surface area contributed by atoms with E-state index in [-0.39, 0.29) is 13.2 Å². The average molecular weight is 305 g/mol. The Morgan fingerprint density at radius 2 is 2.10 bits per heavy atom. The van der Waals surface area contributed by atoms with Crippen molar-refractivity contribution in [3.63, 3.8) is 0 Å². The van der Waals surface area contributed by atoms with Crippen molar-refractivity contribution in [1.29, 1.82) is 0 Å². The van der Waals surface area contributed by atoms with Crippen molar-refractivity contribution >= 4 is 22.6 Å². The minimum atomic E-state index is -0.0848.